The maximum absolute atomic E-state index is 13.5. The van der Waals surface area contributed by atoms with E-state index in [4.69, 9.17) is 0 Å². The van der Waals surface area contributed by atoms with E-state index < -0.39 is 6.10 Å². The number of pyridine rings is 1. The monoisotopic (exact) mass is 388 g/mol. The lowest BCUT2D eigenvalue weighted by molar-refractivity contribution is 0.145. The Hall–Kier alpha value is -2.70. The second-order valence-corrected chi connectivity index (χ2v) is 8.62. The van der Waals surface area contributed by atoms with Gasteiger partial charge in [0.25, 0.3) is 5.56 Å². The van der Waals surface area contributed by atoms with Gasteiger partial charge in [0.05, 0.1) is 17.7 Å². The van der Waals surface area contributed by atoms with Crippen LogP contribution in [-0.4, -0.2) is 38.4 Å². The normalized spacial score (nSPS) is 27.5. The molecule has 0 amide bonds. The zero-order valence-corrected chi connectivity index (χ0v) is 16.2. The number of nitrogens with one attached hydrogen (secondary N) is 1. The van der Waals surface area contributed by atoms with Gasteiger partial charge in [-0.25, -0.2) is 4.98 Å². The highest BCUT2D eigenvalue weighted by atomic mass is 16.3. The zero-order valence-electron chi connectivity index (χ0n) is 16.2. The number of benzene rings is 1. The highest BCUT2D eigenvalue weighted by molar-refractivity contribution is 5.56. The molecule has 29 heavy (non-hydrogen) atoms. The van der Waals surface area contributed by atoms with Crippen molar-refractivity contribution in [2.75, 3.05) is 13.1 Å². The van der Waals surface area contributed by atoms with Crippen LogP contribution in [0.25, 0.3) is 11.4 Å². The maximum Gasteiger partial charge on any atom is 0.261 e. The lowest BCUT2D eigenvalue weighted by Gasteiger charge is -2.37. The summed E-state index contributed by atoms with van der Waals surface area (Å²) in [4.78, 5) is 18.0. The molecule has 1 fully saturated rings. The maximum atomic E-state index is 13.5. The van der Waals surface area contributed by atoms with Crippen molar-refractivity contribution >= 4 is 0 Å². The lowest BCUT2D eigenvalue weighted by Crippen LogP contribution is -2.45. The summed E-state index contributed by atoms with van der Waals surface area (Å²) in [5.74, 6) is 1.56. The molecule has 6 rings (SSSR count). The van der Waals surface area contributed by atoms with Crippen molar-refractivity contribution in [3.05, 3.63) is 76.0 Å². The van der Waals surface area contributed by atoms with Crippen molar-refractivity contribution in [3.63, 3.8) is 0 Å². The number of nitrogens with zero attached hydrogens (tertiary/aromatic N) is 3. The van der Waals surface area contributed by atoms with E-state index in [1.165, 1.54) is 0 Å². The van der Waals surface area contributed by atoms with Crippen molar-refractivity contribution in [1.29, 1.82) is 0 Å². The summed E-state index contributed by atoms with van der Waals surface area (Å²) in [7, 11) is 0. The quantitative estimate of drug-likeness (QED) is 0.704. The Labute approximate surface area is 168 Å². The first kappa shape index (κ1) is 17.2. The smallest absolute Gasteiger partial charge is 0.261 e. The Kier molecular flexibility index (Phi) is 3.79. The van der Waals surface area contributed by atoms with E-state index in [0.717, 1.165) is 42.9 Å². The third-order valence-electron chi connectivity index (χ3n) is 6.89. The van der Waals surface area contributed by atoms with Crippen molar-refractivity contribution in [3.8, 4) is 11.4 Å². The predicted molar refractivity (Wildman–Crippen MR) is 110 cm³/mol. The first-order valence-corrected chi connectivity index (χ1v) is 10.4. The lowest BCUT2D eigenvalue weighted by atomic mass is 9.84. The fraction of sp³-hybridized carbons (Fsp3) is 0.391. The number of hydrogen-bond acceptors (Lipinski definition) is 4. The molecule has 3 aromatic rings. The molecule has 3 aliphatic rings. The highest BCUT2D eigenvalue weighted by Crippen LogP contribution is 2.37. The van der Waals surface area contributed by atoms with Gasteiger partial charge in [0.15, 0.2) is 0 Å². The van der Waals surface area contributed by atoms with Gasteiger partial charge in [0.2, 0.25) is 0 Å². The largest absolute Gasteiger partial charge is 0.390 e. The van der Waals surface area contributed by atoms with Crippen LogP contribution in [0.3, 0.4) is 0 Å². The topological polar surface area (TPSA) is 72.1 Å². The molecule has 1 aliphatic carbocycles. The van der Waals surface area contributed by atoms with Gasteiger partial charge in [-0.3, -0.25) is 4.79 Å². The summed E-state index contributed by atoms with van der Waals surface area (Å²) < 4.78 is 3.94. The van der Waals surface area contributed by atoms with Gasteiger partial charge in [-0.1, -0.05) is 24.3 Å². The molecule has 2 aromatic heterocycles. The van der Waals surface area contributed by atoms with Gasteiger partial charge < -0.3 is 19.6 Å². The zero-order chi connectivity index (χ0) is 19.5. The van der Waals surface area contributed by atoms with Crippen LogP contribution in [0.1, 0.15) is 35.2 Å². The summed E-state index contributed by atoms with van der Waals surface area (Å²) in [6, 6.07) is 11.9. The molecule has 0 radical (unpaired) electrons. The van der Waals surface area contributed by atoms with Crippen LogP contribution >= 0.6 is 0 Å². The van der Waals surface area contributed by atoms with E-state index in [-0.39, 0.29) is 11.6 Å². The SMILES string of the molecule is O=c1c(-c2nccn2[C@@H]2c3ccccc3C[C@@H]2O)ccc2n1C[C@@H]1CNC[C@H]2C1. The predicted octanol–water partition coefficient (Wildman–Crippen LogP) is 1.92. The number of piperidine rings is 1. The van der Waals surface area contributed by atoms with Crippen molar-refractivity contribution < 1.29 is 5.11 Å². The number of aromatic nitrogens is 3. The molecule has 0 spiro atoms. The van der Waals surface area contributed by atoms with Gasteiger partial charge >= 0.3 is 0 Å². The van der Waals surface area contributed by atoms with Gasteiger partial charge in [0.1, 0.15) is 5.82 Å². The van der Waals surface area contributed by atoms with E-state index in [1.807, 2.05) is 33.5 Å². The average Bonchev–Trinajstić information content (AvgIpc) is 3.32. The molecule has 2 bridgehead atoms. The first-order valence-electron chi connectivity index (χ1n) is 10.4. The van der Waals surface area contributed by atoms with Crippen LogP contribution in [0, 0.1) is 5.92 Å². The van der Waals surface area contributed by atoms with Crippen LogP contribution in [0.2, 0.25) is 0 Å². The van der Waals surface area contributed by atoms with E-state index >= 15 is 0 Å². The minimum Gasteiger partial charge on any atom is -0.390 e. The number of fused-ring (bicyclic) bond motifs is 5. The van der Waals surface area contributed by atoms with Crippen molar-refractivity contribution in [2.45, 2.75) is 37.5 Å². The number of aliphatic hydroxyl groups excluding tert-OH is 1. The Morgan fingerprint density at radius 1 is 1.14 bits per heavy atom. The second kappa shape index (κ2) is 6.40. The Morgan fingerprint density at radius 2 is 2.03 bits per heavy atom. The molecule has 2 N–H and O–H groups in total. The molecular weight excluding hydrogens is 364 g/mol. The first-order chi connectivity index (χ1) is 14.2. The summed E-state index contributed by atoms with van der Waals surface area (Å²) in [6.07, 6.45) is 4.87. The summed E-state index contributed by atoms with van der Waals surface area (Å²) in [5.41, 5.74) is 4.05. The molecule has 2 aliphatic heterocycles. The van der Waals surface area contributed by atoms with E-state index in [9.17, 15) is 9.90 Å². The van der Waals surface area contributed by atoms with Gasteiger partial charge in [-0.2, -0.15) is 0 Å². The summed E-state index contributed by atoms with van der Waals surface area (Å²) in [6.45, 7) is 2.68. The molecular formula is C23H24N4O2. The molecule has 1 saturated heterocycles. The Bertz CT molecular complexity index is 1150. The minimum atomic E-state index is -0.522. The summed E-state index contributed by atoms with van der Waals surface area (Å²) in [5, 5.41) is 14.3. The minimum absolute atomic E-state index is 0.0346. The molecule has 1 aromatic carbocycles. The van der Waals surface area contributed by atoms with Crippen molar-refractivity contribution in [2.24, 2.45) is 5.92 Å². The van der Waals surface area contributed by atoms with Crippen LogP contribution in [0.5, 0.6) is 0 Å². The second-order valence-electron chi connectivity index (χ2n) is 8.62. The van der Waals surface area contributed by atoms with Gasteiger partial charge in [-0.15, -0.1) is 0 Å². The third kappa shape index (κ3) is 2.56. The average molecular weight is 388 g/mol. The van der Waals surface area contributed by atoms with E-state index in [1.54, 1.807) is 6.20 Å². The number of aliphatic hydroxyl groups is 1. The van der Waals surface area contributed by atoms with E-state index in [2.05, 4.69) is 28.5 Å². The van der Waals surface area contributed by atoms with Crippen LogP contribution in [0.4, 0.5) is 0 Å². The Balaban J connectivity index is 1.47. The van der Waals surface area contributed by atoms with Crippen LogP contribution < -0.4 is 10.9 Å². The molecule has 0 unspecified atom stereocenters. The summed E-state index contributed by atoms with van der Waals surface area (Å²) >= 11 is 0. The van der Waals surface area contributed by atoms with E-state index in [0.29, 0.717) is 29.6 Å². The van der Waals surface area contributed by atoms with Gasteiger partial charge in [0, 0.05) is 43.5 Å². The highest BCUT2D eigenvalue weighted by Gasteiger charge is 2.35. The Morgan fingerprint density at radius 3 is 2.97 bits per heavy atom. The number of rotatable bonds is 2. The number of hydrogen-bond donors (Lipinski definition) is 2. The molecule has 4 atom stereocenters. The number of imidazole rings is 1. The molecule has 4 heterocycles. The van der Waals surface area contributed by atoms with Gasteiger partial charge in [-0.05, 0) is 42.1 Å². The fourth-order valence-electron chi connectivity index (χ4n) is 5.60. The standard InChI is InChI=1S/C23H24N4O2/c28-20-10-15-3-1-2-4-17(15)21(20)26-8-7-25-22(26)18-5-6-19-16-9-14(11-24-12-16)13-27(19)23(18)29/h1-8,14,16,20-21,24,28H,9-13H2/t14-,16+,20-,21+/m0/s1. The fourth-order valence-corrected chi connectivity index (χ4v) is 5.60. The molecule has 0 saturated carbocycles. The van der Waals surface area contributed by atoms with Crippen molar-refractivity contribution in [1.82, 2.24) is 19.4 Å². The van der Waals surface area contributed by atoms with Crippen LogP contribution in [0.15, 0.2) is 53.6 Å². The molecule has 6 nitrogen and oxygen atoms in total. The third-order valence-corrected chi connectivity index (χ3v) is 6.89. The molecule has 148 valence electrons. The van der Waals surface area contributed by atoms with Crippen LogP contribution in [-0.2, 0) is 13.0 Å². The molecule has 6 heteroatoms.